The van der Waals surface area contributed by atoms with Crippen LogP contribution in [-0.2, 0) is 29.4 Å². The second-order valence-electron chi connectivity index (χ2n) is 6.89. The fourth-order valence-corrected chi connectivity index (χ4v) is 5.98. The molecule has 0 aliphatic rings. The first-order chi connectivity index (χ1) is 17.2. The average Bonchev–Trinajstić information content (AvgIpc) is 2.89. The van der Waals surface area contributed by atoms with Crippen LogP contribution in [0, 0.1) is 0 Å². The van der Waals surface area contributed by atoms with Crippen LogP contribution >= 0.6 is 71.7 Å². The van der Waals surface area contributed by atoms with Crippen molar-refractivity contribution in [3.05, 3.63) is 121 Å². The summed E-state index contributed by atoms with van der Waals surface area (Å²) >= 11 is -3.83. The Labute approximate surface area is 254 Å². The van der Waals surface area contributed by atoms with Crippen molar-refractivity contribution in [2.45, 2.75) is 0 Å². The van der Waals surface area contributed by atoms with Crippen molar-refractivity contribution < 1.29 is 29.4 Å². The van der Waals surface area contributed by atoms with Crippen LogP contribution in [0.1, 0.15) is 0 Å². The molecule has 0 atom stereocenters. The molecule has 0 saturated heterocycles. The van der Waals surface area contributed by atoms with E-state index in [1.807, 2.05) is 0 Å². The van der Waals surface area contributed by atoms with Crippen LogP contribution < -0.4 is 21.2 Å². The van der Waals surface area contributed by atoms with Crippen LogP contribution in [-0.4, -0.2) is 13.3 Å². The van der Waals surface area contributed by atoms with Gasteiger partial charge in [-0.25, -0.2) is 0 Å². The number of halogens is 6. The quantitative estimate of drug-likeness (QED) is 0.146. The van der Waals surface area contributed by atoms with Crippen molar-refractivity contribution in [2.75, 3.05) is 13.3 Å². The van der Waals surface area contributed by atoms with Crippen LogP contribution in [0.15, 0.2) is 121 Å². The Morgan fingerprint density at radius 3 is 0.639 bits per heavy atom. The molecule has 0 radical (unpaired) electrons. The molecular weight excluding hydrogens is 683 g/mol. The van der Waals surface area contributed by atoms with Gasteiger partial charge in [-0.1, -0.05) is 121 Å². The maximum atomic E-state index is 4.97. The summed E-state index contributed by atoms with van der Waals surface area (Å²) in [5.74, 6) is 0. The van der Waals surface area contributed by atoms with Gasteiger partial charge in [0.15, 0.2) is 0 Å². The van der Waals surface area contributed by atoms with Gasteiger partial charge >= 0.3 is 85.2 Å². The first-order valence-electron chi connectivity index (χ1n) is 10.6. The maximum absolute atomic E-state index is 4.97. The Kier molecular flexibility index (Phi) is 21.1. The van der Waals surface area contributed by atoms with Crippen molar-refractivity contribution in [3.8, 4) is 0 Å². The Morgan fingerprint density at radius 2 is 0.500 bits per heavy atom. The number of benzene rings is 4. The van der Waals surface area contributed by atoms with Crippen molar-refractivity contribution in [2.24, 2.45) is 0 Å². The molecule has 0 heterocycles. The molecule has 0 saturated carbocycles. The van der Waals surface area contributed by atoms with Gasteiger partial charge in [0.25, 0.3) is 0 Å². The molecule has 0 aromatic heterocycles. The van der Waals surface area contributed by atoms with Gasteiger partial charge in [-0.05, 0) is 50.4 Å². The molecule has 0 unspecified atom stereocenters. The van der Waals surface area contributed by atoms with E-state index in [1.165, 1.54) is 21.2 Å². The molecule has 10 heteroatoms. The third kappa shape index (κ3) is 16.8. The monoisotopic (exact) mass is 706 g/mol. The third-order valence-electron chi connectivity index (χ3n) is 4.57. The molecule has 0 N–H and O–H groups in total. The molecule has 0 nitrogen and oxygen atoms in total. The van der Waals surface area contributed by atoms with E-state index in [2.05, 4.69) is 135 Å². The molecule has 0 aliphatic heterocycles. The summed E-state index contributed by atoms with van der Waals surface area (Å²) in [6.07, 6.45) is 0. The Bertz CT molecular complexity index is 875. The summed E-state index contributed by atoms with van der Waals surface area (Å²) < 4.78 is 0. The Balaban J connectivity index is 0.000000279. The summed E-state index contributed by atoms with van der Waals surface area (Å²) in [4.78, 5) is 0. The minimum absolute atomic E-state index is 0.171. The molecule has 0 bridgehead atoms. The van der Waals surface area contributed by atoms with Crippen LogP contribution in [0.2, 0.25) is 0 Å². The van der Waals surface area contributed by atoms with Crippen molar-refractivity contribution in [3.63, 3.8) is 0 Å². The molecule has 4 aromatic rings. The van der Waals surface area contributed by atoms with Crippen molar-refractivity contribution in [1.82, 2.24) is 0 Å². The summed E-state index contributed by atoms with van der Waals surface area (Å²) in [6, 6.07) is 42.8. The van der Waals surface area contributed by atoms with Crippen LogP contribution in [0.25, 0.3) is 0 Å². The summed E-state index contributed by atoms with van der Waals surface area (Å²) in [6.45, 7) is 4.61. The molecule has 36 heavy (non-hydrogen) atoms. The van der Waals surface area contributed by atoms with Crippen LogP contribution in [0.3, 0.4) is 0 Å². The van der Waals surface area contributed by atoms with E-state index in [0.29, 0.717) is 0 Å². The number of hydrogen-bond donors (Lipinski definition) is 0. The SMILES string of the molecule is CP(c1ccccc1)c1ccccc1.CP(c1ccccc1)c1ccccc1.[Cl][Ti]([Cl])[Cl].[Cl][Ti]([Cl])[Cl]. The predicted molar refractivity (Wildman–Crippen MR) is 165 cm³/mol. The molecule has 0 spiro atoms. The van der Waals surface area contributed by atoms with Gasteiger partial charge in [-0.15, -0.1) is 0 Å². The van der Waals surface area contributed by atoms with Gasteiger partial charge in [-0.2, -0.15) is 0 Å². The van der Waals surface area contributed by atoms with Gasteiger partial charge in [0.05, 0.1) is 0 Å². The molecule has 4 aromatic carbocycles. The standard InChI is InChI=1S/2C13H13P.6ClH.2Ti/c2*1-14(12-8-4-2-5-9-12)13-10-6-3-7-11-13;;;;;;;;/h2*2-11H,1H3;6*1H;;/q;;;;;;;;2*+3/p-6. The van der Waals surface area contributed by atoms with E-state index < -0.39 is 29.4 Å². The fraction of sp³-hybridized carbons (Fsp3) is 0.0769. The first kappa shape index (κ1) is 34.9. The molecule has 4 rings (SSSR count). The predicted octanol–water partition coefficient (Wildman–Crippen LogP) is 9.63. The van der Waals surface area contributed by atoms with Gasteiger partial charge in [0.2, 0.25) is 0 Å². The van der Waals surface area contributed by atoms with E-state index in [4.69, 9.17) is 55.8 Å². The van der Waals surface area contributed by atoms with E-state index in [9.17, 15) is 0 Å². The molecule has 0 amide bonds. The van der Waals surface area contributed by atoms with Gasteiger partial charge < -0.3 is 0 Å². The number of rotatable bonds is 4. The minimum atomic E-state index is -1.92. The normalized spacial score (nSPS) is 9.61. The summed E-state index contributed by atoms with van der Waals surface area (Å²) in [5.41, 5.74) is 0. The zero-order chi connectivity index (χ0) is 26.8. The second-order valence-corrected chi connectivity index (χ2v) is 26.7. The molecule has 0 fully saturated rings. The average molecular weight is 709 g/mol. The Hall–Kier alpha value is 0.909. The van der Waals surface area contributed by atoms with E-state index >= 15 is 0 Å². The van der Waals surface area contributed by atoms with Crippen LogP contribution in [0.5, 0.6) is 0 Å². The van der Waals surface area contributed by atoms with Crippen molar-refractivity contribution >= 4 is 92.9 Å². The molecule has 190 valence electrons. The van der Waals surface area contributed by atoms with E-state index in [0.717, 1.165) is 0 Å². The molecular formula is C26H26Cl6P2Ti2. The van der Waals surface area contributed by atoms with Gasteiger partial charge in [0, 0.05) is 0 Å². The topological polar surface area (TPSA) is 0 Å². The third-order valence-corrected chi connectivity index (χ3v) is 8.86. The zero-order valence-electron chi connectivity index (χ0n) is 19.7. The van der Waals surface area contributed by atoms with Crippen molar-refractivity contribution in [1.29, 1.82) is 0 Å². The molecule has 0 aliphatic carbocycles. The second kappa shape index (κ2) is 21.7. The number of hydrogen-bond acceptors (Lipinski definition) is 0. The van der Waals surface area contributed by atoms with Crippen LogP contribution in [0.4, 0.5) is 0 Å². The Morgan fingerprint density at radius 1 is 0.361 bits per heavy atom. The zero-order valence-corrected chi connectivity index (χ0v) is 29.2. The summed E-state index contributed by atoms with van der Waals surface area (Å²) in [7, 11) is 29.5. The van der Waals surface area contributed by atoms with Gasteiger partial charge in [-0.3, -0.25) is 0 Å². The van der Waals surface area contributed by atoms with Gasteiger partial charge in [0.1, 0.15) is 0 Å². The first-order valence-corrected chi connectivity index (χ1v) is 27.0. The summed E-state index contributed by atoms with van der Waals surface area (Å²) in [5, 5.41) is 5.75. The van der Waals surface area contributed by atoms with E-state index in [-0.39, 0.29) is 15.8 Å². The fourth-order valence-electron chi connectivity index (χ4n) is 2.90. The van der Waals surface area contributed by atoms with E-state index in [1.54, 1.807) is 0 Å².